The smallest absolute Gasteiger partial charge is 0.419 e. The van der Waals surface area contributed by atoms with E-state index in [1.54, 1.807) is 41.5 Å². The predicted octanol–water partition coefficient (Wildman–Crippen LogP) is 1.98. The minimum atomic E-state index is -1.58. The Labute approximate surface area is 216 Å². The highest BCUT2D eigenvalue weighted by Gasteiger charge is 2.38. The lowest BCUT2D eigenvalue weighted by Gasteiger charge is -2.31. The first-order valence-electron chi connectivity index (χ1n) is 11.7. The highest BCUT2D eigenvalue weighted by Crippen LogP contribution is 2.13. The van der Waals surface area contributed by atoms with E-state index in [4.69, 9.17) is 9.47 Å². The van der Waals surface area contributed by atoms with Crippen molar-refractivity contribution in [1.82, 2.24) is 25.5 Å². The van der Waals surface area contributed by atoms with E-state index in [2.05, 4.69) is 20.9 Å². The lowest BCUT2D eigenvalue weighted by molar-refractivity contribution is -0.147. The molecule has 1 rings (SSSR count). The first kappa shape index (κ1) is 31.4. The number of imidazole rings is 1. The summed E-state index contributed by atoms with van der Waals surface area (Å²) < 4.78 is 11.6. The van der Waals surface area contributed by atoms with Gasteiger partial charge in [0.1, 0.15) is 34.6 Å². The molecule has 0 fully saturated rings. The van der Waals surface area contributed by atoms with Crippen LogP contribution in [0.4, 0.5) is 9.59 Å². The number of carboxylic acid groups (broad SMARTS) is 1. The summed E-state index contributed by atoms with van der Waals surface area (Å²) in [6.45, 7) is 15.5. The summed E-state index contributed by atoms with van der Waals surface area (Å²) in [5.41, 5.74) is -4.43. The fourth-order valence-corrected chi connectivity index (χ4v) is 2.70. The summed E-state index contributed by atoms with van der Waals surface area (Å²) in [6.07, 6.45) is 0.870. The van der Waals surface area contributed by atoms with Gasteiger partial charge in [-0.15, -0.1) is 0 Å². The number of amides is 3. The molecule has 1 aromatic rings. The zero-order valence-electron chi connectivity index (χ0n) is 23.1. The van der Waals surface area contributed by atoms with Gasteiger partial charge in [-0.1, -0.05) is 0 Å². The number of aromatic nitrogens is 2. The first-order valence-corrected chi connectivity index (χ1v) is 11.7. The zero-order chi connectivity index (χ0) is 29.0. The van der Waals surface area contributed by atoms with Crippen molar-refractivity contribution in [3.63, 3.8) is 0 Å². The Kier molecular flexibility index (Phi) is 9.48. The van der Waals surface area contributed by atoms with Crippen molar-refractivity contribution >= 4 is 30.0 Å². The molecule has 0 aliphatic carbocycles. The van der Waals surface area contributed by atoms with Gasteiger partial charge in [0.15, 0.2) is 0 Å². The van der Waals surface area contributed by atoms with Crippen LogP contribution in [0.25, 0.3) is 0 Å². The molecular weight excluding hydrogens is 486 g/mol. The van der Waals surface area contributed by atoms with Gasteiger partial charge in [0.05, 0.1) is 5.69 Å². The molecule has 3 amide bonds. The number of nitrogens with one attached hydrogen (secondary N) is 3. The number of carbonyl (C=O) groups excluding carboxylic acids is 4. The van der Waals surface area contributed by atoms with E-state index >= 15 is 0 Å². The third-order valence-electron chi connectivity index (χ3n) is 4.63. The lowest BCUT2D eigenvalue weighted by atomic mass is 9.99. The van der Waals surface area contributed by atoms with Crippen LogP contribution in [0.5, 0.6) is 0 Å². The van der Waals surface area contributed by atoms with E-state index in [9.17, 15) is 29.1 Å². The number of hydrogen-bond donors (Lipinski definition) is 4. The molecule has 1 heterocycles. The van der Waals surface area contributed by atoms with Crippen molar-refractivity contribution in [2.24, 2.45) is 0 Å². The molecule has 0 aliphatic rings. The molecule has 0 bridgehead atoms. The van der Waals surface area contributed by atoms with Crippen molar-refractivity contribution < 1.29 is 38.6 Å². The number of rotatable bonds is 8. The van der Waals surface area contributed by atoms with Gasteiger partial charge in [-0.05, 0) is 69.2 Å². The van der Waals surface area contributed by atoms with Crippen LogP contribution in [0.1, 0.15) is 74.9 Å². The monoisotopic (exact) mass is 525 g/mol. The fourth-order valence-electron chi connectivity index (χ4n) is 2.70. The van der Waals surface area contributed by atoms with Crippen LogP contribution in [0.15, 0.2) is 12.5 Å². The van der Waals surface area contributed by atoms with Crippen molar-refractivity contribution in [1.29, 1.82) is 0 Å². The Hall–Kier alpha value is -3.64. The van der Waals surface area contributed by atoms with Gasteiger partial charge in [-0.3, -0.25) is 9.59 Å². The zero-order valence-corrected chi connectivity index (χ0v) is 23.1. The van der Waals surface area contributed by atoms with Crippen molar-refractivity contribution in [3.8, 4) is 0 Å². The number of nitrogens with zero attached hydrogens (tertiary/aromatic N) is 2. The van der Waals surface area contributed by atoms with Crippen molar-refractivity contribution in [2.75, 3.05) is 0 Å². The number of aliphatic carboxylic acids is 1. The van der Waals surface area contributed by atoms with Gasteiger partial charge in [0.2, 0.25) is 11.8 Å². The molecule has 37 heavy (non-hydrogen) atoms. The summed E-state index contributed by atoms with van der Waals surface area (Å²) in [5.74, 6) is -2.77. The Morgan fingerprint density at radius 1 is 0.892 bits per heavy atom. The second kappa shape index (κ2) is 11.2. The van der Waals surface area contributed by atoms with E-state index in [1.807, 2.05) is 0 Å². The summed E-state index contributed by atoms with van der Waals surface area (Å²) in [7, 11) is 0. The lowest BCUT2D eigenvalue weighted by Crippen LogP contribution is -2.63. The van der Waals surface area contributed by atoms with E-state index in [0.29, 0.717) is 0 Å². The summed E-state index contributed by atoms with van der Waals surface area (Å²) in [5, 5.41) is 16.6. The molecule has 0 aliphatic heterocycles. The maximum Gasteiger partial charge on any atom is 0.419 e. The number of hydrogen-bond acceptors (Lipinski definition) is 8. The quantitative estimate of drug-likeness (QED) is 0.395. The largest absolute Gasteiger partial charge is 0.480 e. The average Bonchev–Trinajstić information content (AvgIpc) is 3.12. The van der Waals surface area contributed by atoms with Gasteiger partial charge >= 0.3 is 18.2 Å². The van der Waals surface area contributed by atoms with Gasteiger partial charge in [-0.25, -0.2) is 23.9 Å². The molecule has 0 radical (unpaired) electrons. The van der Waals surface area contributed by atoms with Crippen LogP contribution in [0.3, 0.4) is 0 Å². The topological polar surface area (TPSA) is 178 Å². The third-order valence-corrected chi connectivity index (χ3v) is 4.63. The van der Waals surface area contributed by atoms with Gasteiger partial charge in [0, 0.05) is 12.6 Å². The Bertz CT molecular complexity index is 1030. The number of alkyl carbamates (subject to hydrolysis) is 1. The van der Waals surface area contributed by atoms with E-state index in [0.717, 1.165) is 4.57 Å². The van der Waals surface area contributed by atoms with Crippen LogP contribution >= 0.6 is 0 Å². The Morgan fingerprint density at radius 2 is 1.43 bits per heavy atom. The van der Waals surface area contributed by atoms with Gasteiger partial charge in [-0.2, -0.15) is 0 Å². The number of ether oxygens (including phenoxy) is 2. The molecule has 0 aromatic carbocycles. The third kappa shape index (κ3) is 10.5. The molecule has 0 unspecified atom stereocenters. The summed E-state index contributed by atoms with van der Waals surface area (Å²) >= 11 is 0. The van der Waals surface area contributed by atoms with Gasteiger partial charge < -0.3 is 30.5 Å². The number of carboxylic acids is 1. The molecule has 0 spiro atoms. The van der Waals surface area contributed by atoms with Gasteiger partial charge in [0.25, 0.3) is 0 Å². The summed E-state index contributed by atoms with van der Waals surface area (Å²) in [4.78, 5) is 66.2. The molecule has 1 aromatic heterocycles. The predicted molar refractivity (Wildman–Crippen MR) is 133 cm³/mol. The van der Waals surface area contributed by atoms with Crippen LogP contribution < -0.4 is 16.0 Å². The van der Waals surface area contributed by atoms with Crippen LogP contribution in [-0.4, -0.2) is 72.9 Å². The Morgan fingerprint density at radius 3 is 1.92 bits per heavy atom. The van der Waals surface area contributed by atoms with Crippen LogP contribution in [-0.2, 0) is 30.3 Å². The SMILES string of the molecule is CC(C)(C)OC(=O)N[C@@H](Cc1cn(C(=O)OC(C)(C)C)cn1)C(=O)NC(C)(C)C(=O)NC(C)(C)C(=O)O. The maximum atomic E-state index is 13.2. The molecule has 208 valence electrons. The van der Waals surface area contributed by atoms with Crippen LogP contribution in [0, 0.1) is 0 Å². The summed E-state index contributed by atoms with van der Waals surface area (Å²) in [6, 6.07) is -1.25. The second-order valence-electron chi connectivity index (χ2n) is 11.7. The highest BCUT2D eigenvalue weighted by molar-refractivity contribution is 5.96. The minimum Gasteiger partial charge on any atom is -0.480 e. The highest BCUT2D eigenvalue weighted by atomic mass is 16.6. The second-order valence-corrected chi connectivity index (χ2v) is 11.7. The molecule has 0 saturated heterocycles. The average molecular weight is 526 g/mol. The standard InChI is InChI=1S/C24H39N5O8/c1-21(2,3)36-19(34)26-15(11-14-12-29(13-25-14)20(35)37-22(4,5)6)16(30)27-23(7,8)17(31)28-24(9,10)18(32)33/h12-13,15H,11H2,1-10H3,(H,26,34)(H,27,30)(H,28,31)(H,32,33)/t15-/m0/s1. The fraction of sp³-hybridized carbons (Fsp3) is 0.667. The molecule has 13 nitrogen and oxygen atoms in total. The molecular formula is C24H39N5O8. The normalized spacial score (nSPS) is 13.2. The van der Waals surface area contributed by atoms with E-state index in [-0.39, 0.29) is 12.1 Å². The Balaban J connectivity index is 3.13. The molecule has 0 saturated carbocycles. The van der Waals surface area contributed by atoms with E-state index < -0.39 is 58.3 Å². The molecule has 13 heteroatoms. The number of carbonyl (C=O) groups is 5. The van der Waals surface area contributed by atoms with Crippen molar-refractivity contribution in [2.45, 2.75) is 104 Å². The molecule has 4 N–H and O–H groups in total. The first-order chi connectivity index (χ1) is 16.5. The van der Waals surface area contributed by atoms with E-state index in [1.165, 1.54) is 40.2 Å². The van der Waals surface area contributed by atoms with Crippen molar-refractivity contribution in [3.05, 3.63) is 18.2 Å². The molecule has 1 atom stereocenters. The minimum absolute atomic E-state index is 0.154. The van der Waals surface area contributed by atoms with Crippen LogP contribution in [0.2, 0.25) is 0 Å². The maximum absolute atomic E-state index is 13.2.